The Morgan fingerprint density at radius 2 is 1.65 bits per heavy atom. The van der Waals surface area contributed by atoms with Crippen LogP contribution >= 0.6 is 0 Å². The number of carbonyl (C=O) groups is 2. The monoisotopic (exact) mass is 380 g/mol. The topological polar surface area (TPSA) is 102 Å². The van der Waals surface area contributed by atoms with Crippen LogP contribution in [0.5, 0.6) is 0 Å². The second-order valence-electron chi connectivity index (χ2n) is 5.20. The number of nitrogens with one attached hydrogen (secondary N) is 2. The highest BCUT2D eigenvalue weighted by Gasteiger charge is 2.16. The molecule has 0 heterocycles. The lowest BCUT2D eigenvalue weighted by molar-refractivity contribution is -0.120. The zero-order valence-corrected chi connectivity index (χ0v) is 14.7. The van der Waals surface area contributed by atoms with E-state index in [1.165, 1.54) is 48.5 Å². The van der Waals surface area contributed by atoms with E-state index >= 15 is 0 Å². The lowest BCUT2D eigenvalue weighted by Crippen LogP contribution is -2.42. The van der Waals surface area contributed by atoms with Gasteiger partial charge >= 0.3 is 5.97 Å². The second-order valence-corrected chi connectivity index (χ2v) is 6.88. The normalized spacial score (nSPS) is 11.0. The number of esters is 1. The van der Waals surface area contributed by atoms with Gasteiger partial charge in [-0.25, -0.2) is 17.6 Å². The molecule has 0 unspecified atom stereocenters. The Kier molecular flexibility index (Phi) is 6.42. The molecular formula is C17H17FN2O5S. The average Bonchev–Trinajstić information content (AvgIpc) is 2.62. The summed E-state index contributed by atoms with van der Waals surface area (Å²) in [4.78, 5) is 25.2. The van der Waals surface area contributed by atoms with Crippen molar-refractivity contribution in [3.05, 3.63) is 65.5 Å². The van der Waals surface area contributed by atoms with Gasteiger partial charge in [-0.05, 0) is 48.9 Å². The van der Waals surface area contributed by atoms with Crippen molar-refractivity contribution in [2.45, 2.75) is 18.2 Å². The number of hydrogen-bond acceptors (Lipinski definition) is 5. The van der Waals surface area contributed by atoms with Crippen molar-refractivity contribution < 1.29 is 27.1 Å². The lowest BCUT2D eigenvalue weighted by atomic mass is 10.1. The van der Waals surface area contributed by atoms with Crippen LogP contribution < -0.4 is 10.3 Å². The van der Waals surface area contributed by atoms with E-state index in [0.29, 0.717) is 5.56 Å². The molecule has 0 saturated heterocycles. The first-order valence-corrected chi connectivity index (χ1v) is 9.12. The molecule has 2 aromatic rings. The van der Waals surface area contributed by atoms with Gasteiger partial charge in [-0.2, -0.15) is 0 Å². The zero-order valence-electron chi connectivity index (χ0n) is 13.9. The van der Waals surface area contributed by atoms with Gasteiger partial charge in [0.1, 0.15) is 5.82 Å². The fourth-order valence-corrected chi connectivity index (χ4v) is 2.86. The molecule has 2 N–H and O–H groups in total. The number of ether oxygens (including phenoxy) is 1. The third-order valence-electron chi connectivity index (χ3n) is 3.28. The van der Waals surface area contributed by atoms with Gasteiger partial charge in [0.25, 0.3) is 10.0 Å². The van der Waals surface area contributed by atoms with E-state index in [9.17, 15) is 22.4 Å². The number of hydrogen-bond donors (Lipinski definition) is 2. The van der Waals surface area contributed by atoms with E-state index < -0.39 is 27.7 Å². The quantitative estimate of drug-likeness (QED) is 0.561. The Morgan fingerprint density at radius 1 is 1.04 bits per heavy atom. The van der Waals surface area contributed by atoms with E-state index in [1.54, 1.807) is 6.92 Å². The SMILES string of the molecule is CCOC(=O)c1ccc(S(=O)(=O)NNC(=O)Cc2ccc(F)cc2)cc1. The number of amides is 1. The average molecular weight is 380 g/mol. The molecule has 0 atom stereocenters. The molecule has 0 fully saturated rings. The molecule has 2 rings (SSSR count). The molecule has 138 valence electrons. The molecule has 26 heavy (non-hydrogen) atoms. The lowest BCUT2D eigenvalue weighted by Gasteiger charge is -2.09. The predicted molar refractivity (Wildman–Crippen MR) is 91.0 cm³/mol. The maximum Gasteiger partial charge on any atom is 0.338 e. The van der Waals surface area contributed by atoms with Crippen molar-refractivity contribution in [2.24, 2.45) is 0 Å². The second kappa shape index (κ2) is 8.54. The highest BCUT2D eigenvalue weighted by atomic mass is 32.2. The number of benzene rings is 2. The van der Waals surface area contributed by atoms with Crippen LogP contribution in [0.3, 0.4) is 0 Å². The van der Waals surface area contributed by atoms with Crippen LogP contribution in [0.1, 0.15) is 22.8 Å². The Bertz CT molecular complexity index is 880. The van der Waals surface area contributed by atoms with Gasteiger partial charge < -0.3 is 4.74 Å². The molecule has 0 saturated carbocycles. The minimum atomic E-state index is -4.00. The van der Waals surface area contributed by atoms with Gasteiger partial charge in [0.15, 0.2) is 0 Å². The van der Waals surface area contributed by atoms with Crippen LogP contribution in [0.2, 0.25) is 0 Å². The Morgan fingerprint density at radius 3 is 2.23 bits per heavy atom. The van der Waals surface area contributed by atoms with Gasteiger partial charge in [0.05, 0.1) is 23.5 Å². The smallest absolute Gasteiger partial charge is 0.338 e. The Labute approximate surface area is 150 Å². The predicted octanol–water partition coefficient (Wildman–Crippen LogP) is 1.55. The van der Waals surface area contributed by atoms with Crippen molar-refractivity contribution in [2.75, 3.05) is 6.61 Å². The number of halogens is 1. The summed E-state index contributed by atoms with van der Waals surface area (Å²) < 4.78 is 41.9. The molecule has 2 aromatic carbocycles. The van der Waals surface area contributed by atoms with Crippen LogP contribution in [0.25, 0.3) is 0 Å². The van der Waals surface area contributed by atoms with E-state index in [0.717, 1.165) is 0 Å². The molecule has 0 radical (unpaired) electrons. The number of carbonyl (C=O) groups excluding carboxylic acids is 2. The van der Waals surface area contributed by atoms with Crippen LogP contribution in [-0.4, -0.2) is 26.9 Å². The first-order chi connectivity index (χ1) is 12.3. The molecule has 9 heteroatoms. The van der Waals surface area contributed by atoms with Gasteiger partial charge in [-0.1, -0.05) is 12.1 Å². The van der Waals surface area contributed by atoms with Gasteiger partial charge in [0, 0.05) is 0 Å². The maximum absolute atomic E-state index is 12.8. The van der Waals surface area contributed by atoms with Crippen LogP contribution in [0.15, 0.2) is 53.4 Å². The third-order valence-corrected chi connectivity index (χ3v) is 4.54. The summed E-state index contributed by atoms with van der Waals surface area (Å²) in [6, 6.07) is 10.3. The van der Waals surface area contributed by atoms with Crippen LogP contribution in [-0.2, 0) is 26.0 Å². The highest BCUT2D eigenvalue weighted by molar-refractivity contribution is 7.89. The number of sulfonamides is 1. The summed E-state index contributed by atoms with van der Waals surface area (Å²) in [7, 11) is -4.00. The Hall–Kier alpha value is -2.78. The van der Waals surface area contributed by atoms with E-state index in [4.69, 9.17) is 4.74 Å². The van der Waals surface area contributed by atoms with Gasteiger partial charge in [0.2, 0.25) is 5.91 Å². The summed E-state index contributed by atoms with van der Waals surface area (Å²) in [6.07, 6.45) is -0.120. The summed E-state index contributed by atoms with van der Waals surface area (Å²) in [5.41, 5.74) is 2.82. The van der Waals surface area contributed by atoms with Gasteiger partial charge in [-0.15, -0.1) is 4.83 Å². The summed E-state index contributed by atoms with van der Waals surface area (Å²) in [5, 5.41) is 0. The molecule has 0 spiro atoms. The zero-order chi connectivity index (χ0) is 19.2. The number of rotatable bonds is 7. The summed E-state index contributed by atoms with van der Waals surface area (Å²) in [5.74, 6) is -1.60. The van der Waals surface area contributed by atoms with Crippen molar-refractivity contribution in [3.8, 4) is 0 Å². The molecule has 0 aromatic heterocycles. The van der Waals surface area contributed by atoms with E-state index in [-0.39, 0.29) is 23.5 Å². The fourth-order valence-electron chi connectivity index (χ4n) is 2.00. The van der Waals surface area contributed by atoms with E-state index in [1.807, 2.05) is 4.83 Å². The maximum atomic E-state index is 12.8. The Balaban J connectivity index is 1.96. The molecule has 7 nitrogen and oxygen atoms in total. The summed E-state index contributed by atoms with van der Waals surface area (Å²) >= 11 is 0. The fraction of sp³-hybridized carbons (Fsp3) is 0.176. The molecule has 0 aliphatic carbocycles. The minimum Gasteiger partial charge on any atom is -0.462 e. The molecule has 0 aliphatic heterocycles. The largest absolute Gasteiger partial charge is 0.462 e. The van der Waals surface area contributed by atoms with Crippen molar-refractivity contribution in [1.29, 1.82) is 0 Å². The van der Waals surface area contributed by atoms with Gasteiger partial charge in [-0.3, -0.25) is 10.2 Å². The third kappa shape index (κ3) is 5.36. The van der Waals surface area contributed by atoms with E-state index in [2.05, 4.69) is 5.43 Å². The van der Waals surface area contributed by atoms with Crippen LogP contribution in [0.4, 0.5) is 4.39 Å². The standard InChI is InChI=1S/C17H17FN2O5S/c1-2-25-17(22)13-5-9-15(10-6-13)26(23,24)20-19-16(21)11-12-3-7-14(18)8-4-12/h3-10,20H,2,11H2,1H3,(H,19,21). The molecule has 0 aliphatic rings. The first-order valence-electron chi connectivity index (χ1n) is 7.64. The molecule has 0 bridgehead atoms. The first kappa shape index (κ1) is 19.5. The van der Waals surface area contributed by atoms with Crippen LogP contribution in [0, 0.1) is 5.82 Å². The number of hydrazine groups is 1. The highest BCUT2D eigenvalue weighted by Crippen LogP contribution is 2.11. The minimum absolute atomic E-state index is 0.120. The van der Waals surface area contributed by atoms with Crippen molar-refractivity contribution in [1.82, 2.24) is 10.3 Å². The summed E-state index contributed by atoms with van der Waals surface area (Å²) in [6.45, 7) is 1.87. The molecule has 1 amide bonds. The van der Waals surface area contributed by atoms with Crippen molar-refractivity contribution in [3.63, 3.8) is 0 Å². The van der Waals surface area contributed by atoms with Crippen molar-refractivity contribution >= 4 is 21.9 Å². The molecular weight excluding hydrogens is 363 g/mol.